The smallest absolute Gasteiger partial charge is 0.343 e. The summed E-state index contributed by atoms with van der Waals surface area (Å²) < 4.78 is 8.00. The monoisotopic (exact) mass is 529 g/mol. The van der Waals surface area contributed by atoms with E-state index in [4.69, 9.17) is 9.84 Å². The second-order valence-electron chi connectivity index (χ2n) is 9.77. The van der Waals surface area contributed by atoms with Crippen LogP contribution in [0, 0.1) is 11.8 Å². The third-order valence-corrected chi connectivity index (χ3v) is 7.70. The predicted octanol–water partition coefficient (Wildman–Crippen LogP) is 6.06. The van der Waals surface area contributed by atoms with Crippen molar-refractivity contribution in [3.05, 3.63) is 66.5 Å². The van der Waals surface area contributed by atoms with Crippen molar-refractivity contribution >= 4 is 39.4 Å². The first kappa shape index (κ1) is 25.8. The summed E-state index contributed by atoms with van der Waals surface area (Å²) >= 11 is 1.58. The molecule has 5 rings (SSSR count). The number of aromatic nitrogens is 4. The number of thiazole rings is 1. The van der Waals surface area contributed by atoms with Gasteiger partial charge in [-0.2, -0.15) is 0 Å². The standard InChI is InChI=1S/C29H31N5O3S/c1-5-37-29(36)23-17-33(32-26(23)34(18(2)3)28(35)21-10-8-19(4)9-11-21)22-14-12-20(13-15-22)27-31-25-24(38-27)7-6-16-30-25/h6-8,10,12-19,21H,5,9,11H2,1-4H3/t19-,21?/m0/s1. The van der Waals surface area contributed by atoms with E-state index in [-0.39, 0.29) is 30.0 Å². The first-order chi connectivity index (χ1) is 18.4. The molecule has 38 heavy (non-hydrogen) atoms. The van der Waals surface area contributed by atoms with Crippen LogP contribution in [0.2, 0.25) is 0 Å². The van der Waals surface area contributed by atoms with Crippen LogP contribution in [0.3, 0.4) is 0 Å². The number of carbonyl (C=O) groups excluding carboxylic acids is 2. The van der Waals surface area contributed by atoms with Gasteiger partial charge < -0.3 is 4.74 Å². The lowest BCUT2D eigenvalue weighted by atomic mass is 9.88. The van der Waals surface area contributed by atoms with Gasteiger partial charge in [-0.15, -0.1) is 16.4 Å². The molecule has 0 saturated heterocycles. The average Bonchev–Trinajstić information content (AvgIpc) is 3.54. The molecule has 8 nitrogen and oxygen atoms in total. The van der Waals surface area contributed by atoms with Crippen molar-refractivity contribution in [1.29, 1.82) is 0 Å². The predicted molar refractivity (Wildman–Crippen MR) is 150 cm³/mol. The summed E-state index contributed by atoms with van der Waals surface area (Å²) in [4.78, 5) is 37.2. The van der Waals surface area contributed by atoms with Gasteiger partial charge in [-0.05, 0) is 75.9 Å². The van der Waals surface area contributed by atoms with Crippen molar-refractivity contribution in [2.45, 2.75) is 46.6 Å². The fourth-order valence-electron chi connectivity index (χ4n) is 4.62. The highest BCUT2D eigenvalue weighted by atomic mass is 32.1. The normalized spacial score (nSPS) is 17.2. The first-order valence-electron chi connectivity index (χ1n) is 13.0. The molecule has 0 fully saturated rings. The lowest BCUT2D eigenvalue weighted by Gasteiger charge is -2.30. The number of allylic oxidation sites excluding steroid dienone is 1. The lowest BCUT2D eigenvalue weighted by molar-refractivity contribution is -0.121. The maximum atomic E-state index is 13.7. The van der Waals surface area contributed by atoms with E-state index in [0.717, 1.165) is 39.4 Å². The van der Waals surface area contributed by atoms with E-state index in [1.54, 1.807) is 40.2 Å². The van der Waals surface area contributed by atoms with Crippen molar-refractivity contribution in [3.63, 3.8) is 0 Å². The minimum absolute atomic E-state index is 0.0567. The van der Waals surface area contributed by atoms with E-state index < -0.39 is 5.97 Å². The summed E-state index contributed by atoms with van der Waals surface area (Å²) in [5.41, 5.74) is 2.72. The number of amides is 1. The third kappa shape index (κ3) is 5.11. The summed E-state index contributed by atoms with van der Waals surface area (Å²) in [6.45, 7) is 8.01. The molecule has 0 radical (unpaired) electrons. The Morgan fingerprint density at radius 1 is 1.16 bits per heavy atom. The molecule has 0 N–H and O–H groups in total. The topological polar surface area (TPSA) is 90.2 Å². The Bertz CT molecular complexity index is 1450. The summed E-state index contributed by atoms with van der Waals surface area (Å²) in [5, 5.41) is 5.63. The Kier molecular flexibility index (Phi) is 7.37. The fourth-order valence-corrected chi connectivity index (χ4v) is 5.55. The fraction of sp³-hybridized carbons (Fsp3) is 0.345. The molecule has 0 spiro atoms. The summed E-state index contributed by atoms with van der Waals surface area (Å²) in [7, 11) is 0. The van der Waals surface area contributed by atoms with Crippen molar-refractivity contribution in [2.24, 2.45) is 11.8 Å². The van der Waals surface area contributed by atoms with Crippen molar-refractivity contribution in [1.82, 2.24) is 19.7 Å². The molecule has 0 saturated carbocycles. The largest absolute Gasteiger partial charge is 0.462 e. The molecular formula is C29H31N5O3S. The van der Waals surface area contributed by atoms with Crippen LogP contribution >= 0.6 is 11.3 Å². The SMILES string of the molecule is CCOC(=O)c1cn(-c2ccc(-c3nc4ncccc4s3)cc2)nc1N(C(=O)C1C=C[C@H](C)CC1)C(C)C. The Morgan fingerprint density at radius 3 is 2.61 bits per heavy atom. The molecule has 1 unspecified atom stereocenters. The van der Waals surface area contributed by atoms with E-state index in [1.807, 2.05) is 56.3 Å². The molecule has 3 heterocycles. The Hall–Kier alpha value is -3.85. The van der Waals surface area contributed by atoms with Crippen LogP contribution in [-0.4, -0.2) is 44.3 Å². The number of ether oxygens (including phenoxy) is 1. The number of rotatable bonds is 7. The highest BCUT2D eigenvalue weighted by Crippen LogP contribution is 2.32. The van der Waals surface area contributed by atoms with Gasteiger partial charge in [0.15, 0.2) is 11.5 Å². The number of benzene rings is 1. The molecule has 1 aliphatic rings. The second-order valence-corrected chi connectivity index (χ2v) is 10.8. The molecule has 1 aromatic carbocycles. The van der Waals surface area contributed by atoms with Crippen LogP contribution in [0.4, 0.5) is 5.82 Å². The van der Waals surface area contributed by atoms with E-state index in [0.29, 0.717) is 11.7 Å². The van der Waals surface area contributed by atoms with Gasteiger partial charge in [0.2, 0.25) is 5.91 Å². The highest BCUT2D eigenvalue weighted by molar-refractivity contribution is 7.21. The van der Waals surface area contributed by atoms with E-state index >= 15 is 0 Å². The number of hydrogen-bond donors (Lipinski definition) is 0. The molecule has 1 aliphatic carbocycles. The molecule has 0 bridgehead atoms. The van der Waals surface area contributed by atoms with Crippen LogP contribution in [-0.2, 0) is 9.53 Å². The van der Waals surface area contributed by atoms with Crippen LogP contribution in [0.5, 0.6) is 0 Å². The van der Waals surface area contributed by atoms with Crippen LogP contribution < -0.4 is 4.90 Å². The minimum Gasteiger partial charge on any atom is -0.462 e. The Morgan fingerprint density at radius 2 is 1.95 bits per heavy atom. The van der Waals surface area contributed by atoms with Gasteiger partial charge in [-0.1, -0.05) is 19.1 Å². The number of hydrogen-bond acceptors (Lipinski definition) is 7. The zero-order valence-corrected chi connectivity index (χ0v) is 22.8. The number of pyridine rings is 1. The Balaban J connectivity index is 1.50. The maximum Gasteiger partial charge on any atom is 0.343 e. The van der Waals surface area contributed by atoms with Crippen LogP contribution in [0.25, 0.3) is 26.6 Å². The molecule has 3 aromatic heterocycles. The molecule has 2 atom stereocenters. The van der Waals surface area contributed by atoms with Crippen molar-refractivity contribution in [2.75, 3.05) is 11.5 Å². The first-order valence-corrected chi connectivity index (χ1v) is 13.8. The molecule has 9 heteroatoms. The minimum atomic E-state index is -0.501. The molecule has 1 amide bonds. The van der Waals surface area contributed by atoms with E-state index in [9.17, 15) is 9.59 Å². The second kappa shape index (κ2) is 10.9. The zero-order chi connectivity index (χ0) is 26.8. The van der Waals surface area contributed by atoms with Crippen LogP contribution in [0.15, 0.2) is 60.9 Å². The van der Waals surface area contributed by atoms with E-state index in [2.05, 4.69) is 23.0 Å². The molecular weight excluding hydrogens is 498 g/mol. The zero-order valence-electron chi connectivity index (χ0n) is 22.0. The number of carbonyl (C=O) groups is 2. The van der Waals surface area contributed by atoms with Gasteiger partial charge in [-0.25, -0.2) is 19.4 Å². The quantitative estimate of drug-likeness (QED) is 0.213. The molecule has 196 valence electrons. The number of fused-ring (bicyclic) bond motifs is 1. The highest BCUT2D eigenvalue weighted by Gasteiger charge is 2.33. The lowest BCUT2D eigenvalue weighted by Crippen LogP contribution is -2.42. The van der Waals surface area contributed by atoms with Gasteiger partial charge in [0.1, 0.15) is 10.6 Å². The number of anilines is 1. The molecule has 0 aliphatic heterocycles. The third-order valence-electron chi connectivity index (χ3n) is 6.64. The van der Waals surface area contributed by atoms with Gasteiger partial charge in [0.05, 0.1) is 22.9 Å². The number of esters is 1. The number of nitrogens with zero attached hydrogens (tertiary/aromatic N) is 5. The van der Waals surface area contributed by atoms with Gasteiger partial charge in [-0.3, -0.25) is 9.69 Å². The van der Waals surface area contributed by atoms with Crippen molar-refractivity contribution < 1.29 is 14.3 Å². The van der Waals surface area contributed by atoms with E-state index in [1.165, 1.54) is 0 Å². The summed E-state index contributed by atoms with van der Waals surface area (Å²) in [6, 6.07) is 11.5. The van der Waals surface area contributed by atoms with Crippen LogP contribution in [0.1, 0.15) is 50.9 Å². The average molecular weight is 530 g/mol. The van der Waals surface area contributed by atoms with Gasteiger partial charge in [0, 0.05) is 24.0 Å². The van der Waals surface area contributed by atoms with Gasteiger partial charge >= 0.3 is 5.97 Å². The van der Waals surface area contributed by atoms with Crippen molar-refractivity contribution in [3.8, 4) is 16.3 Å². The molecule has 4 aromatic rings. The Labute approximate surface area is 226 Å². The summed E-state index contributed by atoms with van der Waals surface area (Å²) in [5.74, 6) is -0.0200. The maximum absolute atomic E-state index is 13.7. The van der Waals surface area contributed by atoms with Gasteiger partial charge in [0.25, 0.3) is 0 Å². The summed E-state index contributed by atoms with van der Waals surface area (Å²) in [6.07, 6.45) is 9.20.